The molecule has 0 heterocycles. The van der Waals surface area contributed by atoms with Crippen LogP contribution < -0.4 is 4.74 Å². The molecule has 100 valence electrons. The van der Waals surface area contributed by atoms with Crippen molar-refractivity contribution in [3.63, 3.8) is 0 Å². The Kier molecular flexibility index (Phi) is 4.79. The molecule has 1 rings (SSSR count). The average Bonchev–Trinajstić information content (AvgIpc) is 2.20. The Hall–Kier alpha value is -1.03. The lowest BCUT2D eigenvalue weighted by Crippen LogP contribution is -2.24. The summed E-state index contributed by atoms with van der Waals surface area (Å²) in [4.78, 5) is 12.2. The summed E-state index contributed by atoms with van der Waals surface area (Å²) in [6, 6.07) is 3.65. The smallest absolute Gasteiger partial charge is 0.340 e. The van der Waals surface area contributed by atoms with Crippen molar-refractivity contribution in [1.82, 2.24) is 0 Å². The molecule has 18 heavy (non-hydrogen) atoms. The molecule has 0 amide bonds. The van der Waals surface area contributed by atoms with Crippen LogP contribution in [0.3, 0.4) is 0 Å². The first-order valence-corrected chi connectivity index (χ1v) is 6.70. The van der Waals surface area contributed by atoms with Crippen LogP contribution in [0.5, 0.6) is 5.75 Å². The number of carbonyl (C=O) groups is 1. The van der Waals surface area contributed by atoms with Gasteiger partial charge >= 0.3 is 5.97 Å². The van der Waals surface area contributed by atoms with Crippen molar-refractivity contribution >= 4 is 21.9 Å². The fourth-order valence-electron chi connectivity index (χ4n) is 1.55. The van der Waals surface area contributed by atoms with Crippen molar-refractivity contribution in [2.24, 2.45) is 0 Å². The number of halogens is 1. The van der Waals surface area contributed by atoms with Gasteiger partial charge in [0.05, 0.1) is 12.2 Å². The largest absolute Gasteiger partial charge is 0.494 e. The maximum atomic E-state index is 12.2. The highest BCUT2D eigenvalue weighted by molar-refractivity contribution is 9.10. The zero-order valence-corrected chi connectivity index (χ0v) is 13.1. The summed E-state index contributed by atoms with van der Waals surface area (Å²) in [6.45, 7) is 9.88. The van der Waals surface area contributed by atoms with Crippen molar-refractivity contribution in [2.75, 3.05) is 6.61 Å². The number of carbonyl (C=O) groups excluding carboxylic acids is 1. The number of hydrogen-bond donors (Lipinski definition) is 0. The summed E-state index contributed by atoms with van der Waals surface area (Å²) in [5.74, 6) is 0.370. The highest BCUT2D eigenvalue weighted by Gasteiger charge is 2.23. The number of esters is 1. The molecule has 0 spiro atoms. The summed E-state index contributed by atoms with van der Waals surface area (Å²) >= 11 is 3.38. The topological polar surface area (TPSA) is 35.5 Å². The molecule has 0 aromatic heterocycles. The maximum absolute atomic E-state index is 12.2. The lowest BCUT2D eigenvalue weighted by atomic mass is 10.1. The van der Waals surface area contributed by atoms with Crippen LogP contribution >= 0.6 is 15.9 Å². The van der Waals surface area contributed by atoms with E-state index in [2.05, 4.69) is 15.9 Å². The van der Waals surface area contributed by atoms with Crippen LogP contribution in [0.4, 0.5) is 0 Å². The first kappa shape index (κ1) is 15.0. The molecule has 3 nitrogen and oxygen atoms in total. The van der Waals surface area contributed by atoms with Crippen LogP contribution in [0, 0.1) is 6.92 Å². The molecule has 0 saturated heterocycles. The molecule has 0 saturated carbocycles. The van der Waals surface area contributed by atoms with E-state index in [0.29, 0.717) is 17.9 Å². The highest BCUT2D eigenvalue weighted by Crippen LogP contribution is 2.30. The van der Waals surface area contributed by atoms with Crippen LogP contribution in [-0.4, -0.2) is 18.2 Å². The third-order valence-corrected chi connectivity index (χ3v) is 2.93. The molecule has 0 atom stereocenters. The van der Waals surface area contributed by atoms with Crippen LogP contribution in [0.25, 0.3) is 0 Å². The Morgan fingerprint density at radius 2 is 1.94 bits per heavy atom. The van der Waals surface area contributed by atoms with E-state index >= 15 is 0 Å². The van der Waals surface area contributed by atoms with E-state index in [1.54, 1.807) is 6.07 Å². The van der Waals surface area contributed by atoms with Gasteiger partial charge in [-0.25, -0.2) is 4.79 Å². The Morgan fingerprint density at radius 3 is 2.44 bits per heavy atom. The summed E-state index contributed by atoms with van der Waals surface area (Å²) in [5.41, 5.74) is 0.807. The predicted octanol–water partition coefficient (Wildman–Crippen LogP) is 4.11. The minimum atomic E-state index is -0.509. The standard InChI is InChI=1S/C14H19BrO3/c1-6-17-11-8-7-10(15)12(9(11)2)13(16)18-14(3,4)5/h7-8H,6H2,1-5H3. The SMILES string of the molecule is CCOc1ccc(Br)c(C(=O)OC(C)(C)C)c1C. The average molecular weight is 315 g/mol. The van der Waals surface area contributed by atoms with Gasteiger partial charge < -0.3 is 9.47 Å². The van der Waals surface area contributed by atoms with E-state index in [1.165, 1.54) is 0 Å². The van der Waals surface area contributed by atoms with Crippen molar-refractivity contribution in [2.45, 2.75) is 40.2 Å². The second-order valence-electron chi connectivity index (χ2n) is 4.98. The van der Waals surface area contributed by atoms with Crippen molar-refractivity contribution in [3.05, 3.63) is 27.7 Å². The van der Waals surface area contributed by atoms with Crippen molar-refractivity contribution in [3.8, 4) is 5.75 Å². The maximum Gasteiger partial charge on any atom is 0.340 e. The molecular weight excluding hydrogens is 296 g/mol. The highest BCUT2D eigenvalue weighted by atomic mass is 79.9. The van der Waals surface area contributed by atoms with E-state index in [9.17, 15) is 4.79 Å². The molecule has 0 unspecified atom stereocenters. The Bertz CT molecular complexity index is 447. The molecule has 0 aliphatic rings. The van der Waals surface area contributed by atoms with Gasteiger partial charge in [-0.15, -0.1) is 0 Å². The number of ether oxygens (including phenoxy) is 2. The van der Waals surface area contributed by atoms with Gasteiger partial charge in [0.15, 0.2) is 0 Å². The Morgan fingerprint density at radius 1 is 1.33 bits per heavy atom. The molecule has 0 aliphatic heterocycles. The molecule has 4 heteroatoms. The summed E-state index contributed by atoms with van der Waals surface area (Å²) in [7, 11) is 0. The van der Waals surface area contributed by atoms with Gasteiger partial charge in [0.1, 0.15) is 11.4 Å². The molecule has 0 bridgehead atoms. The van der Waals surface area contributed by atoms with E-state index in [0.717, 1.165) is 10.0 Å². The second kappa shape index (κ2) is 5.74. The van der Waals surface area contributed by atoms with Crippen LogP contribution in [0.15, 0.2) is 16.6 Å². The first-order chi connectivity index (χ1) is 8.26. The van der Waals surface area contributed by atoms with Gasteiger partial charge in [-0.2, -0.15) is 0 Å². The minimum absolute atomic E-state index is 0.339. The lowest BCUT2D eigenvalue weighted by Gasteiger charge is -2.21. The number of hydrogen-bond acceptors (Lipinski definition) is 3. The van der Waals surface area contributed by atoms with Gasteiger partial charge in [0.25, 0.3) is 0 Å². The zero-order valence-electron chi connectivity index (χ0n) is 11.5. The van der Waals surface area contributed by atoms with Gasteiger partial charge in [-0.05, 0) is 62.7 Å². The van der Waals surface area contributed by atoms with E-state index in [1.807, 2.05) is 40.7 Å². The van der Waals surface area contributed by atoms with E-state index in [-0.39, 0.29) is 5.97 Å². The summed E-state index contributed by atoms with van der Waals surface area (Å²) < 4.78 is 11.6. The molecule has 0 fully saturated rings. The monoisotopic (exact) mass is 314 g/mol. The quantitative estimate of drug-likeness (QED) is 0.787. The van der Waals surface area contributed by atoms with E-state index < -0.39 is 5.60 Å². The molecular formula is C14H19BrO3. The van der Waals surface area contributed by atoms with E-state index in [4.69, 9.17) is 9.47 Å². The molecule has 0 N–H and O–H groups in total. The third kappa shape index (κ3) is 3.73. The zero-order chi connectivity index (χ0) is 13.9. The fourth-order valence-corrected chi connectivity index (χ4v) is 2.14. The van der Waals surface area contributed by atoms with Gasteiger partial charge in [0.2, 0.25) is 0 Å². The molecule has 0 aliphatic carbocycles. The van der Waals surface area contributed by atoms with Crippen molar-refractivity contribution in [1.29, 1.82) is 0 Å². The van der Waals surface area contributed by atoms with Crippen LogP contribution in [-0.2, 0) is 4.74 Å². The second-order valence-corrected chi connectivity index (χ2v) is 5.83. The number of rotatable bonds is 3. The third-order valence-electron chi connectivity index (χ3n) is 2.27. The first-order valence-electron chi connectivity index (χ1n) is 5.91. The van der Waals surface area contributed by atoms with Gasteiger partial charge in [0, 0.05) is 10.0 Å². The van der Waals surface area contributed by atoms with Crippen LogP contribution in [0.1, 0.15) is 43.6 Å². The fraction of sp³-hybridized carbons (Fsp3) is 0.500. The van der Waals surface area contributed by atoms with Crippen molar-refractivity contribution < 1.29 is 14.3 Å². The summed E-state index contributed by atoms with van der Waals surface area (Å²) in [6.07, 6.45) is 0. The molecule has 1 aromatic carbocycles. The molecule has 0 radical (unpaired) electrons. The molecule has 1 aromatic rings. The van der Waals surface area contributed by atoms with Crippen LogP contribution in [0.2, 0.25) is 0 Å². The minimum Gasteiger partial charge on any atom is -0.494 e. The lowest BCUT2D eigenvalue weighted by molar-refractivity contribution is 0.00672. The summed E-state index contributed by atoms with van der Waals surface area (Å²) in [5, 5.41) is 0. The number of benzene rings is 1. The Labute approximate surface area is 117 Å². The van der Waals surface area contributed by atoms with Gasteiger partial charge in [-0.3, -0.25) is 0 Å². The van der Waals surface area contributed by atoms with Gasteiger partial charge in [-0.1, -0.05) is 0 Å². The Balaban J connectivity index is 3.14. The normalized spacial score (nSPS) is 11.2. The predicted molar refractivity (Wildman–Crippen MR) is 75.2 cm³/mol.